The molecule has 1 atom stereocenters. The SMILES string of the molecule is O=C(O[C@@H]1CCOC1=O)c1cccc(S(=O)(=O)NCc2ccccc2)c1. The van der Waals surface area contributed by atoms with E-state index in [-0.39, 0.29) is 23.6 Å². The summed E-state index contributed by atoms with van der Waals surface area (Å²) in [5.74, 6) is -1.36. The van der Waals surface area contributed by atoms with Crippen molar-refractivity contribution in [3.05, 3.63) is 65.7 Å². The third-order valence-corrected chi connectivity index (χ3v) is 5.22. The van der Waals surface area contributed by atoms with E-state index in [1.165, 1.54) is 24.3 Å². The van der Waals surface area contributed by atoms with Crippen molar-refractivity contribution in [2.75, 3.05) is 6.61 Å². The monoisotopic (exact) mass is 375 g/mol. The fourth-order valence-electron chi connectivity index (χ4n) is 2.43. The maximum atomic E-state index is 12.4. The Kier molecular flexibility index (Phi) is 5.34. The number of nitrogens with one attached hydrogen (secondary N) is 1. The molecule has 0 aliphatic carbocycles. The van der Waals surface area contributed by atoms with Crippen LogP contribution in [0.2, 0.25) is 0 Å². The minimum Gasteiger partial charge on any atom is -0.463 e. The summed E-state index contributed by atoms with van der Waals surface area (Å²) in [7, 11) is -3.80. The molecule has 26 heavy (non-hydrogen) atoms. The Balaban J connectivity index is 1.71. The lowest BCUT2D eigenvalue weighted by molar-refractivity contribution is -0.145. The molecule has 0 saturated carbocycles. The molecule has 1 N–H and O–H groups in total. The fraction of sp³-hybridized carbons (Fsp3) is 0.222. The normalized spacial score (nSPS) is 16.9. The molecule has 0 bridgehead atoms. The molecule has 0 spiro atoms. The molecule has 2 aromatic carbocycles. The molecule has 0 unspecified atom stereocenters. The minimum atomic E-state index is -3.80. The Morgan fingerprint density at radius 1 is 1.15 bits per heavy atom. The molecular formula is C18H17NO6S. The van der Waals surface area contributed by atoms with Crippen molar-refractivity contribution < 1.29 is 27.5 Å². The minimum absolute atomic E-state index is 0.0484. The van der Waals surface area contributed by atoms with Gasteiger partial charge in [-0.1, -0.05) is 36.4 Å². The van der Waals surface area contributed by atoms with Crippen LogP contribution < -0.4 is 4.72 Å². The lowest BCUT2D eigenvalue weighted by atomic mass is 10.2. The van der Waals surface area contributed by atoms with Crippen LogP contribution in [0.1, 0.15) is 22.3 Å². The van der Waals surface area contributed by atoms with Gasteiger partial charge in [0, 0.05) is 13.0 Å². The van der Waals surface area contributed by atoms with Crippen molar-refractivity contribution in [3.63, 3.8) is 0 Å². The number of carbonyl (C=O) groups is 2. The highest BCUT2D eigenvalue weighted by molar-refractivity contribution is 7.89. The third-order valence-electron chi connectivity index (χ3n) is 3.83. The standard InChI is InChI=1S/C18H17NO6S/c20-17(25-16-9-10-24-18(16)21)14-7-4-8-15(11-14)26(22,23)19-12-13-5-2-1-3-6-13/h1-8,11,16,19H,9-10,12H2/t16-/m1/s1. The van der Waals surface area contributed by atoms with Gasteiger partial charge in [0.15, 0.2) is 0 Å². The molecule has 1 saturated heterocycles. The third kappa shape index (κ3) is 4.27. The van der Waals surface area contributed by atoms with E-state index in [0.717, 1.165) is 5.56 Å². The van der Waals surface area contributed by atoms with E-state index in [1.54, 1.807) is 12.1 Å². The second kappa shape index (κ2) is 7.67. The number of carbonyl (C=O) groups excluding carboxylic acids is 2. The lowest BCUT2D eigenvalue weighted by Gasteiger charge is -2.10. The molecule has 1 aliphatic rings. The summed E-state index contributed by atoms with van der Waals surface area (Å²) >= 11 is 0. The number of benzene rings is 2. The molecule has 1 fully saturated rings. The average molecular weight is 375 g/mol. The zero-order chi connectivity index (χ0) is 18.6. The first-order valence-corrected chi connectivity index (χ1v) is 9.45. The van der Waals surface area contributed by atoms with Gasteiger partial charge in [-0.05, 0) is 23.8 Å². The van der Waals surface area contributed by atoms with Crippen LogP contribution in [0.3, 0.4) is 0 Å². The molecular weight excluding hydrogens is 358 g/mol. The van der Waals surface area contributed by atoms with Crippen LogP contribution in [0.15, 0.2) is 59.5 Å². The van der Waals surface area contributed by atoms with Gasteiger partial charge in [-0.15, -0.1) is 0 Å². The highest BCUT2D eigenvalue weighted by atomic mass is 32.2. The van der Waals surface area contributed by atoms with Crippen molar-refractivity contribution >= 4 is 22.0 Å². The van der Waals surface area contributed by atoms with Crippen LogP contribution in [-0.4, -0.2) is 33.1 Å². The number of sulfonamides is 1. The number of esters is 2. The van der Waals surface area contributed by atoms with Crippen molar-refractivity contribution in [2.45, 2.75) is 24.0 Å². The smallest absolute Gasteiger partial charge is 0.347 e. The molecule has 2 aromatic rings. The molecule has 0 aromatic heterocycles. The maximum Gasteiger partial charge on any atom is 0.347 e. The molecule has 1 aliphatic heterocycles. The Morgan fingerprint density at radius 2 is 1.92 bits per heavy atom. The van der Waals surface area contributed by atoms with Gasteiger partial charge in [0.25, 0.3) is 0 Å². The van der Waals surface area contributed by atoms with Crippen LogP contribution in [0.25, 0.3) is 0 Å². The second-order valence-electron chi connectivity index (χ2n) is 5.69. The van der Waals surface area contributed by atoms with Gasteiger partial charge in [-0.25, -0.2) is 22.7 Å². The molecule has 3 rings (SSSR count). The Morgan fingerprint density at radius 3 is 2.62 bits per heavy atom. The molecule has 8 heteroatoms. The first-order chi connectivity index (χ1) is 12.5. The van der Waals surface area contributed by atoms with Gasteiger partial charge in [-0.2, -0.15) is 0 Å². The van der Waals surface area contributed by atoms with E-state index >= 15 is 0 Å². The Bertz CT molecular complexity index is 910. The second-order valence-corrected chi connectivity index (χ2v) is 7.46. The topological polar surface area (TPSA) is 98.8 Å². The summed E-state index contributed by atoms with van der Waals surface area (Å²) in [6.45, 7) is 0.334. The van der Waals surface area contributed by atoms with Gasteiger partial charge in [0.2, 0.25) is 16.1 Å². The molecule has 0 radical (unpaired) electrons. The Hall–Kier alpha value is -2.71. The van der Waals surface area contributed by atoms with Crippen LogP contribution in [0.5, 0.6) is 0 Å². The zero-order valence-corrected chi connectivity index (χ0v) is 14.6. The predicted octanol–water partition coefficient (Wildman–Crippen LogP) is 1.64. The number of ether oxygens (including phenoxy) is 2. The number of cyclic esters (lactones) is 1. The van der Waals surface area contributed by atoms with Gasteiger partial charge in [0.1, 0.15) is 0 Å². The van der Waals surface area contributed by atoms with Gasteiger partial charge >= 0.3 is 11.9 Å². The maximum absolute atomic E-state index is 12.4. The summed E-state index contributed by atoms with van der Waals surface area (Å²) in [5, 5.41) is 0. The summed E-state index contributed by atoms with van der Waals surface area (Å²) in [5.41, 5.74) is 0.860. The van der Waals surface area contributed by atoms with Gasteiger partial charge in [-0.3, -0.25) is 0 Å². The van der Waals surface area contributed by atoms with E-state index in [2.05, 4.69) is 4.72 Å². The largest absolute Gasteiger partial charge is 0.463 e. The lowest BCUT2D eigenvalue weighted by Crippen LogP contribution is -2.24. The summed E-state index contributed by atoms with van der Waals surface area (Å²) in [6.07, 6.45) is -0.653. The zero-order valence-electron chi connectivity index (χ0n) is 13.8. The number of hydrogen-bond donors (Lipinski definition) is 1. The molecule has 7 nitrogen and oxygen atoms in total. The van der Waals surface area contributed by atoms with Gasteiger partial charge in [0.05, 0.1) is 17.1 Å². The quantitative estimate of drug-likeness (QED) is 0.771. The fourth-order valence-corrected chi connectivity index (χ4v) is 3.49. The van der Waals surface area contributed by atoms with E-state index in [9.17, 15) is 18.0 Å². The Labute approximate surface area is 151 Å². The number of rotatable bonds is 6. The predicted molar refractivity (Wildman–Crippen MR) is 91.7 cm³/mol. The van der Waals surface area contributed by atoms with E-state index in [1.807, 2.05) is 18.2 Å². The van der Waals surface area contributed by atoms with Crippen LogP contribution in [0.4, 0.5) is 0 Å². The molecule has 0 amide bonds. The first-order valence-electron chi connectivity index (χ1n) is 7.97. The highest BCUT2D eigenvalue weighted by Gasteiger charge is 2.30. The van der Waals surface area contributed by atoms with Crippen molar-refractivity contribution in [3.8, 4) is 0 Å². The van der Waals surface area contributed by atoms with E-state index in [4.69, 9.17) is 9.47 Å². The van der Waals surface area contributed by atoms with Crippen molar-refractivity contribution in [2.24, 2.45) is 0 Å². The number of hydrogen-bond acceptors (Lipinski definition) is 6. The van der Waals surface area contributed by atoms with E-state index in [0.29, 0.717) is 6.42 Å². The average Bonchev–Trinajstić information content (AvgIpc) is 3.06. The van der Waals surface area contributed by atoms with Crippen molar-refractivity contribution in [1.29, 1.82) is 0 Å². The summed E-state index contributed by atoms with van der Waals surface area (Å²) < 4.78 is 37.2. The first kappa shape index (κ1) is 18.1. The summed E-state index contributed by atoms with van der Waals surface area (Å²) in [4.78, 5) is 23.5. The molecule has 1 heterocycles. The van der Waals surface area contributed by atoms with Crippen molar-refractivity contribution in [1.82, 2.24) is 4.72 Å². The van der Waals surface area contributed by atoms with Crippen LogP contribution in [-0.2, 0) is 30.8 Å². The van der Waals surface area contributed by atoms with Gasteiger partial charge < -0.3 is 9.47 Å². The van der Waals surface area contributed by atoms with Crippen LogP contribution >= 0.6 is 0 Å². The highest BCUT2D eigenvalue weighted by Crippen LogP contribution is 2.16. The summed E-state index contributed by atoms with van der Waals surface area (Å²) in [6, 6.07) is 14.5. The van der Waals surface area contributed by atoms with Crippen LogP contribution in [0, 0.1) is 0 Å². The van der Waals surface area contributed by atoms with E-state index < -0.39 is 28.1 Å². The molecule has 136 valence electrons.